The van der Waals surface area contributed by atoms with Gasteiger partial charge in [-0.2, -0.15) is 24.9 Å². The Morgan fingerprint density at radius 1 is 1.22 bits per heavy atom. The third-order valence-electron chi connectivity index (χ3n) is 3.07. The van der Waals surface area contributed by atoms with Crippen LogP contribution in [0.4, 0.5) is 13.2 Å². The van der Waals surface area contributed by atoms with Crippen LogP contribution in [0, 0.1) is 0 Å². The molecule has 1 aromatic rings. The van der Waals surface area contributed by atoms with Crippen molar-refractivity contribution in [1.29, 1.82) is 0 Å². The van der Waals surface area contributed by atoms with E-state index in [2.05, 4.69) is 5.32 Å². The minimum atomic E-state index is -4.25. The van der Waals surface area contributed by atoms with Gasteiger partial charge in [0.05, 0.1) is 5.56 Å². The minimum absolute atomic E-state index is 0.445. The maximum atomic E-state index is 12.5. The van der Waals surface area contributed by atoms with Gasteiger partial charge in [0.2, 0.25) is 0 Å². The van der Waals surface area contributed by atoms with Crippen LogP contribution in [0.3, 0.4) is 0 Å². The molecular formula is C13H16F3NS. The molecule has 1 N–H and O–H groups in total. The van der Waals surface area contributed by atoms with Gasteiger partial charge in [0.25, 0.3) is 0 Å². The van der Waals surface area contributed by atoms with Gasteiger partial charge in [0, 0.05) is 12.6 Å². The molecule has 1 aromatic carbocycles. The molecule has 1 saturated heterocycles. The maximum absolute atomic E-state index is 12.5. The summed E-state index contributed by atoms with van der Waals surface area (Å²) in [6.45, 7) is 0.513. The van der Waals surface area contributed by atoms with E-state index in [0.29, 0.717) is 18.2 Å². The highest BCUT2D eigenvalue weighted by atomic mass is 32.2. The van der Waals surface area contributed by atoms with Gasteiger partial charge >= 0.3 is 6.18 Å². The SMILES string of the molecule is FC(F)(F)c1cccc(CNC2CCSCC2)c1. The van der Waals surface area contributed by atoms with Crippen molar-refractivity contribution in [3.8, 4) is 0 Å². The van der Waals surface area contributed by atoms with Gasteiger partial charge < -0.3 is 5.32 Å². The van der Waals surface area contributed by atoms with Crippen LogP contribution >= 0.6 is 11.8 Å². The first kappa shape index (κ1) is 13.7. The zero-order chi connectivity index (χ0) is 13.0. The summed E-state index contributed by atoms with van der Waals surface area (Å²) in [6, 6.07) is 5.99. The lowest BCUT2D eigenvalue weighted by molar-refractivity contribution is -0.137. The van der Waals surface area contributed by atoms with Crippen LogP contribution in [0.5, 0.6) is 0 Å². The standard InChI is InChI=1S/C13H16F3NS/c14-13(15,16)11-3-1-2-10(8-11)9-17-12-4-6-18-7-5-12/h1-3,8,12,17H,4-7,9H2. The van der Waals surface area contributed by atoms with Gasteiger partial charge in [0.15, 0.2) is 0 Å². The molecule has 0 amide bonds. The third kappa shape index (κ3) is 3.92. The monoisotopic (exact) mass is 275 g/mol. The fourth-order valence-corrected chi connectivity index (χ4v) is 3.13. The summed E-state index contributed by atoms with van der Waals surface area (Å²) in [7, 11) is 0. The van der Waals surface area contributed by atoms with Crippen molar-refractivity contribution >= 4 is 11.8 Å². The minimum Gasteiger partial charge on any atom is -0.310 e. The van der Waals surface area contributed by atoms with E-state index in [-0.39, 0.29) is 0 Å². The van der Waals surface area contributed by atoms with Crippen molar-refractivity contribution in [3.63, 3.8) is 0 Å². The van der Waals surface area contributed by atoms with E-state index in [1.165, 1.54) is 12.1 Å². The molecule has 0 saturated carbocycles. The van der Waals surface area contributed by atoms with Crippen molar-refractivity contribution in [2.24, 2.45) is 0 Å². The lowest BCUT2D eigenvalue weighted by Gasteiger charge is -2.22. The van der Waals surface area contributed by atoms with Gasteiger partial charge in [0.1, 0.15) is 0 Å². The average Bonchev–Trinajstić information content (AvgIpc) is 2.37. The Kier molecular flexibility index (Phi) is 4.56. The zero-order valence-corrected chi connectivity index (χ0v) is 10.8. The second-order valence-electron chi connectivity index (χ2n) is 4.47. The number of hydrogen-bond acceptors (Lipinski definition) is 2. The van der Waals surface area contributed by atoms with Crippen molar-refractivity contribution < 1.29 is 13.2 Å². The Bertz CT molecular complexity index is 386. The molecule has 0 aromatic heterocycles. The molecule has 0 aliphatic carbocycles. The van der Waals surface area contributed by atoms with Crippen LogP contribution < -0.4 is 5.32 Å². The first-order valence-corrected chi connectivity index (χ1v) is 7.18. The molecule has 1 heterocycles. The molecule has 1 aliphatic rings. The lowest BCUT2D eigenvalue weighted by atomic mass is 10.1. The van der Waals surface area contributed by atoms with Crippen LogP contribution in [0.1, 0.15) is 24.0 Å². The predicted molar refractivity (Wildman–Crippen MR) is 68.6 cm³/mol. The Hall–Kier alpha value is -0.680. The van der Waals surface area contributed by atoms with Crippen LogP contribution in [-0.2, 0) is 12.7 Å². The molecule has 0 bridgehead atoms. The highest BCUT2D eigenvalue weighted by molar-refractivity contribution is 7.99. The van der Waals surface area contributed by atoms with E-state index >= 15 is 0 Å². The topological polar surface area (TPSA) is 12.0 Å². The normalized spacial score (nSPS) is 17.9. The Morgan fingerprint density at radius 2 is 1.94 bits per heavy atom. The van der Waals surface area contributed by atoms with Gasteiger partial charge in [-0.1, -0.05) is 18.2 Å². The summed E-state index contributed by atoms with van der Waals surface area (Å²) < 4.78 is 37.6. The average molecular weight is 275 g/mol. The van der Waals surface area contributed by atoms with Crippen LogP contribution in [-0.4, -0.2) is 17.5 Å². The predicted octanol–water partition coefficient (Wildman–Crippen LogP) is 3.69. The Morgan fingerprint density at radius 3 is 2.61 bits per heavy atom. The molecule has 1 nitrogen and oxygen atoms in total. The molecule has 0 unspecified atom stereocenters. The number of halogens is 3. The number of hydrogen-bond donors (Lipinski definition) is 1. The fourth-order valence-electron chi connectivity index (χ4n) is 2.02. The zero-order valence-electron chi connectivity index (χ0n) is 9.96. The quantitative estimate of drug-likeness (QED) is 0.903. The van der Waals surface area contributed by atoms with Crippen LogP contribution in [0.25, 0.3) is 0 Å². The molecule has 0 radical (unpaired) electrons. The number of alkyl halides is 3. The van der Waals surface area contributed by atoms with Crippen LogP contribution in [0.15, 0.2) is 24.3 Å². The van der Waals surface area contributed by atoms with Gasteiger partial charge in [-0.15, -0.1) is 0 Å². The molecule has 18 heavy (non-hydrogen) atoms. The van der Waals surface area contributed by atoms with E-state index in [1.54, 1.807) is 6.07 Å². The second-order valence-corrected chi connectivity index (χ2v) is 5.69. The van der Waals surface area contributed by atoms with Crippen molar-refractivity contribution in [2.45, 2.75) is 31.6 Å². The molecule has 100 valence electrons. The van der Waals surface area contributed by atoms with Crippen LogP contribution in [0.2, 0.25) is 0 Å². The van der Waals surface area contributed by atoms with E-state index in [1.807, 2.05) is 11.8 Å². The number of thioether (sulfide) groups is 1. The van der Waals surface area contributed by atoms with Gasteiger partial charge in [-0.05, 0) is 36.0 Å². The second kappa shape index (κ2) is 5.97. The molecular weight excluding hydrogens is 259 g/mol. The lowest BCUT2D eigenvalue weighted by Crippen LogP contribution is -2.32. The summed E-state index contributed by atoms with van der Waals surface area (Å²) in [5.74, 6) is 2.28. The highest BCUT2D eigenvalue weighted by Crippen LogP contribution is 2.29. The molecule has 2 rings (SSSR count). The third-order valence-corrected chi connectivity index (χ3v) is 4.12. The molecule has 1 fully saturated rings. The van der Waals surface area contributed by atoms with E-state index < -0.39 is 11.7 Å². The van der Waals surface area contributed by atoms with E-state index in [9.17, 15) is 13.2 Å². The summed E-state index contributed by atoms with van der Waals surface area (Å²) in [5.41, 5.74) is 0.129. The summed E-state index contributed by atoms with van der Waals surface area (Å²) in [6.07, 6.45) is -2.05. The smallest absolute Gasteiger partial charge is 0.310 e. The molecule has 5 heteroatoms. The van der Waals surface area contributed by atoms with Crippen molar-refractivity contribution in [2.75, 3.05) is 11.5 Å². The largest absolute Gasteiger partial charge is 0.416 e. The number of nitrogens with one attached hydrogen (secondary N) is 1. The van der Waals surface area contributed by atoms with E-state index in [4.69, 9.17) is 0 Å². The van der Waals surface area contributed by atoms with E-state index in [0.717, 1.165) is 30.4 Å². The Labute approximate surface area is 109 Å². The maximum Gasteiger partial charge on any atom is 0.416 e. The highest BCUT2D eigenvalue weighted by Gasteiger charge is 2.30. The molecule has 0 atom stereocenters. The molecule has 1 aliphatic heterocycles. The van der Waals surface area contributed by atoms with Crippen molar-refractivity contribution in [1.82, 2.24) is 5.32 Å². The van der Waals surface area contributed by atoms with Gasteiger partial charge in [-0.25, -0.2) is 0 Å². The van der Waals surface area contributed by atoms with Gasteiger partial charge in [-0.3, -0.25) is 0 Å². The summed E-state index contributed by atoms with van der Waals surface area (Å²) >= 11 is 1.94. The Balaban J connectivity index is 1.92. The van der Waals surface area contributed by atoms with Crippen molar-refractivity contribution in [3.05, 3.63) is 35.4 Å². The number of rotatable bonds is 3. The first-order chi connectivity index (χ1) is 8.55. The summed E-state index contributed by atoms with van der Waals surface area (Å²) in [5, 5.41) is 3.34. The summed E-state index contributed by atoms with van der Waals surface area (Å²) in [4.78, 5) is 0. The number of benzene rings is 1. The fraction of sp³-hybridized carbons (Fsp3) is 0.538. The molecule has 0 spiro atoms. The first-order valence-electron chi connectivity index (χ1n) is 6.03.